The summed E-state index contributed by atoms with van der Waals surface area (Å²) in [6, 6.07) is 7.08. The van der Waals surface area contributed by atoms with Crippen LogP contribution >= 0.6 is 0 Å². The van der Waals surface area contributed by atoms with Crippen LogP contribution in [0.5, 0.6) is 5.75 Å². The van der Waals surface area contributed by atoms with Crippen molar-refractivity contribution in [1.82, 2.24) is 15.5 Å². The molecule has 0 unspecified atom stereocenters. The maximum atomic E-state index is 11.6. The van der Waals surface area contributed by atoms with Gasteiger partial charge >= 0.3 is 0 Å². The first-order chi connectivity index (χ1) is 8.26. The van der Waals surface area contributed by atoms with E-state index >= 15 is 0 Å². The molecule has 1 aromatic carbocycles. The van der Waals surface area contributed by atoms with Crippen LogP contribution in [0, 0.1) is 0 Å². The number of hydrogen-bond acceptors (Lipinski definition) is 3. The Morgan fingerprint density at radius 2 is 2.24 bits per heavy atom. The molecule has 0 atom stereocenters. The maximum Gasteiger partial charge on any atom is 0.251 e. The molecule has 0 radical (unpaired) electrons. The van der Waals surface area contributed by atoms with Gasteiger partial charge in [0.25, 0.3) is 5.91 Å². The summed E-state index contributed by atoms with van der Waals surface area (Å²) in [5.74, 6) is 0.565. The zero-order valence-corrected chi connectivity index (χ0v) is 9.65. The summed E-state index contributed by atoms with van der Waals surface area (Å²) in [7, 11) is 3.19. The molecule has 0 aliphatic rings. The number of rotatable bonds is 3. The molecule has 2 rings (SSSR count). The molecule has 1 heterocycles. The summed E-state index contributed by atoms with van der Waals surface area (Å²) in [4.78, 5) is 11.6. The van der Waals surface area contributed by atoms with Gasteiger partial charge in [-0.15, -0.1) is 0 Å². The fraction of sp³-hybridized carbons (Fsp3) is 0.167. The molecule has 0 aliphatic heterocycles. The van der Waals surface area contributed by atoms with Gasteiger partial charge in [0.1, 0.15) is 5.75 Å². The SMILES string of the molecule is CNC(=O)c1ccc(OC)c(-c2ccn[nH]2)c1. The molecule has 0 fully saturated rings. The van der Waals surface area contributed by atoms with Gasteiger partial charge < -0.3 is 10.1 Å². The van der Waals surface area contributed by atoms with E-state index in [0.717, 1.165) is 11.3 Å². The summed E-state index contributed by atoms with van der Waals surface area (Å²) >= 11 is 0. The highest BCUT2D eigenvalue weighted by molar-refractivity contribution is 5.95. The van der Waals surface area contributed by atoms with Gasteiger partial charge in [0.05, 0.1) is 12.8 Å². The van der Waals surface area contributed by atoms with Crippen molar-refractivity contribution in [2.45, 2.75) is 0 Å². The number of nitrogens with zero attached hydrogens (tertiary/aromatic N) is 1. The number of nitrogens with one attached hydrogen (secondary N) is 2. The number of aromatic nitrogens is 2. The molecule has 5 heteroatoms. The topological polar surface area (TPSA) is 67.0 Å². The lowest BCUT2D eigenvalue weighted by Gasteiger charge is -2.08. The molecular formula is C12H13N3O2. The van der Waals surface area contributed by atoms with Gasteiger partial charge in [-0.1, -0.05) is 0 Å². The van der Waals surface area contributed by atoms with Gasteiger partial charge in [-0.3, -0.25) is 9.89 Å². The van der Waals surface area contributed by atoms with E-state index in [1.165, 1.54) is 0 Å². The molecule has 1 aromatic heterocycles. The molecule has 0 saturated carbocycles. The predicted octanol–water partition coefficient (Wildman–Crippen LogP) is 1.44. The highest BCUT2D eigenvalue weighted by Crippen LogP contribution is 2.29. The lowest BCUT2D eigenvalue weighted by atomic mass is 10.1. The van der Waals surface area contributed by atoms with Crippen molar-refractivity contribution in [2.24, 2.45) is 0 Å². The van der Waals surface area contributed by atoms with Gasteiger partial charge in [-0.25, -0.2) is 0 Å². The summed E-state index contributed by atoms with van der Waals surface area (Å²) in [5.41, 5.74) is 2.21. The van der Waals surface area contributed by atoms with E-state index in [1.807, 2.05) is 6.07 Å². The van der Waals surface area contributed by atoms with Crippen molar-refractivity contribution >= 4 is 5.91 Å². The molecule has 17 heavy (non-hydrogen) atoms. The van der Waals surface area contributed by atoms with Crippen LogP contribution in [-0.2, 0) is 0 Å². The molecule has 5 nitrogen and oxygen atoms in total. The number of carbonyl (C=O) groups is 1. The zero-order valence-electron chi connectivity index (χ0n) is 9.65. The Morgan fingerprint density at radius 3 is 2.82 bits per heavy atom. The van der Waals surface area contributed by atoms with E-state index in [4.69, 9.17) is 4.74 Å². The Labute approximate surface area is 98.8 Å². The van der Waals surface area contributed by atoms with Crippen LogP contribution in [0.25, 0.3) is 11.3 Å². The molecule has 2 N–H and O–H groups in total. The van der Waals surface area contributed by atoms with Crippen LogP contribution in [0.2, 0.25) is 0 Å². The average molecular weight is 231 g/mol. The highest BCUT2D eigenvalue weighted by atomic mass is 16.5. The van der Waals surface area contributed by atoms with Crippen LogP contribution in [0.3, 0.4) is 0 Å². The molecule has 0 spiro atoms. The predicted molar refractivity (Wildman–Crippen MR) is 64.0 cm³/mol. The van der Waals surface area contributed by atoms with Gasteiger partial charge in [-0.05, 0) is 24.3 Å². The largest absolute Gasteiger partial charge is 0.496 e. The number of amides is 1. The average Bonchev–Trinajstić information content (AvgIpc) is 2.90. The van der Waals surface area contributed by atoms with Crippen molar-refractivity contribution in [2.75, 3.05) is 14.2 Å². The van der Waals surface area contributed by atoms with E-state index in [2.05, 4.69) is 15.5 Å². The van der Waals surface area contributed by atoms with Crippen molar-refractivity contribution in [1.29, 1.82) is 0 Å². The number of aromatic amines is 1. The van der Waals surface area contributed by atoms with Gasteiger partial charge in [-0.2, -0.15) is 5.10 Å². The van der Waals surface area contributed by atoms with E-state index in [9.17, 15) is 4.79 Å². The quantitative estimate of drug-likeness (QED) is 0.840. The number of carbonyl (C=O) groups excluding carboxylic acids is 1. The van der Waals surface area contributed by atoms with E-state index in [-0.39, 0.29) is 5.91 Å². The maximum absolute atomic E-state index is 11.6. The van der Waals surface area contributed by atoms with Crippen molar-refractivity contribution in [3.05, 3.63) is 36.0 Å². The van der Waals surface area contributed by atoms with Crippen molar-refractivity contribution in [3.63, 3.8) is 0 Å². The Balaban J connectivity index is 2.51. The second-order valence-electron chi connectivity index (χ2n) is 3.46. The number of benzene rings is 1. The Morgan fingerprint density at radius 1 is 1.41 bits per heavy atom. The molecular weight excluding hydrogens is 218 g/mol. The standard InChI is InChI=1S/C12H13N3O2/c1-13-12(16)8-3-4-11(17-2)9(7-8)10-5-6-14-15-10/h3-7H,1-2H3,(H,13,16)(H,14,15). The third kappa shape index (κ3) is 2.13. The van der Waals surface area contributed by atoms with Gasteiger partial charge in [0, 0.05) is 24.4 Å². The van der Waals surface area contributed by atoms with Crippen LogP contribution in [-0.4, -0.2) is 30.3 Å². The molecule has 0 bridgehead atoms. The Bertz CT molecular complexity index is 521. The molecule has 88 valence electrons. The fourth-order valence-electron chi connectivity index (χ4n) is 1.61. The smallest absolute Gasteiger partial charge is 0.251 e. The molecule has 1 amide bonds. The van der Waals surface area contributed by atoms with Gasteiger partial charge in [0.15, 0.2) is 0 Å². The minimum Gasteiger partial charge on any atom is -0.496 e. The third-order valence-electron chi connectivity index (χ3n) is 2.48. The van der Waals surface area contributed by atoms with E-state index in [0.29, 0.717) is 11.3 Å². The first kappa shape index (κ1) is 11.2. The molecule has 0 saturated heterocycles. The number of hydrogen-bond donors (Lipinski definition) is 2. The second kappa shape index (κ2) is 4.69. The molecule has 0 aliphatic carbocycles. The summed E-state index contributed by atoms with van der Waals surface area (Å²) < 4.78 is 5.26. The first-order valence-electron chi connectivity index (χ1n) is 5.16. The first-order valence-corrected chi connectivity index (χ1v) is 5.16. The molecule has 2 aromatic rings. The van der Waals surface area contributed by atoms with Crippen LogP contribution in [0.4, 0.5) is 0 Å². The van der Waals surface area contributed by atoms with Gasteiger partial charge in [0.2, 0.25) is 0 Å². The highest BCUT2D eigenvalue weighted by Gasteiger charge is 2.11. The van der Waals surface area contributed by atoms with Crippen LogP contribution < -0.4 is 10.1 Å². The lowest BCUT2D eigenvalue weighted by molar-refractivity contribution is 0.0963. The van der Waals surface area contributed by atoms with Crippen LogP contribution in [0.15, 0.2) is 30.5 Å². The zero-order chi connectivity index (χ0) is 12.3. The summed E-state index contributed by atoms with van der Waals surface area (Å²) in [6.07, 6.45) is 1.65. The summed E-state index contributed by atoms with van der Waals surface area (Å²) in [6.45, 7) is 0. The lowest BCUT2D eigenvalue weighted by Crippen LogP contribution is -2.17. The number of H-pyrrole nitrogens is 1. The number of methoxy groups -OCH3 is 1. The second-order valence-corrected chi connectivity index (χ2v) is 3.46. The van der Waals surface area contributed by atoms with Crippen molar-refractivity contribution < 1.29 is 9.53 Å². The van der Waals surface area contributed by atoms with E-state index in [1.54, 1.807) is 38.6 Å². The minimum atomic E-state index is -0.131. The minimum absolute atomic E-state index is 0.131. The van der Waals surface area contributed by atoms with Crippen molar-refractivity contribution in [3.8, 4) is 17.0 Å². The Kier molecular flexibility index (Phi) is 3.09. The normalized spacial score (nSPS) is 10.0. The van der Waals surface area contributed by atoms with E-state index < -0.39 is 0 Å². The summed E-state index contributed by atoms with van der Waals surface area (Å²) in [5, 5.41) is 9.32. The Hall–Kier alpha value is -2.30. The fourth-order valence-corrected chi connectivity index (χ4v) is 1.61. The monoisotopic (exact) mass is 231 g/mol. The number of ether oxygens (including phenoxy) is 1. The van der Waals surface area contributed by atoms with Crippen LogP contribution in [0.1, 0.15) is 10.4 Å². The third-order valence-corrected chi connectivity index (χ3v) is 2.48.